The molecule has 1 aliphatic heterocycles. The fourth-order valence-corrected chi connectivity index (χ4v) is 6.99. The minimum atomic E-state index is -0.0453. The predicted molar refractivity (Wildman–Crippen MR) is 140 cm³/mol. The van der Waals surface area contributed by atoms with Gasteiger partial charge in [-0.3, -0.25) is 14.4 Å². The van der Waals surface area contributed by atoms with Crippen molar-refractivity contribution in [3.8, 4) is 6.07 Å². The zero-order valence-electron chi connectivity index (χ0n) is 21.2. The number of piperazine rings is 1. The van der Waals surface area contributed by atoms with Crippen LogP contribution in [0.1, 0.15) is 68.1 Å². The summed E-state index contributed by atoms with van der Waals surface area (Å²) in [6.45, 7) is 8.73. The van der Waals surface area contributed by atoms with E-state index in [1.54, 1.807) is 22.4 Å². The van der Waals surface area contributed by atoms with Crippen molar-refractivity contribution in [3.63, 3.8) is 0 Å². The number of hydrogen-bond acceptors (Lipinski definition) is 7. The van der Waals surface area contributed by atoms with Gasteiger partial charge in [-0.25, -0.2) is 4.98 Å². The average Bonchev–Trinajstić information content (AvgIpc) is 3.50. The summed E-state index contributed by atoms with van der Waals surface area (Å²) in [4.78, 5) is 24.5. The van der Waals surface area contributed by atoms with Crippen LogP contribution >= 0.6 is 11.3 Å². The molecule has 0 unspecified atom stereocenters. The minimum absolute atomic E-state index is 0.0453. The molecule has 0 saturated carbocycles. The highest BCUT2D eigenvalue weighted by Crippen LogP contribution is 2.37. The molecule has 3 aromatic heterocycles. The first-order chi connectivity index (χ1) is 16.9. The Morgan fingerprint density at radius 2 is 1.97 bits per heavy atom. The van der Waals surface area contributed by atoms with Gasteiger partial charge in [-0.15, -0.1) is 11.3 Å². The van der Waals surface area contributed by atoms with Gasteiger partial charge in [-0.1, -0.05) is 13.8 Å². The molecular weight excluding hydrogens is 458 g/mol. The van der Waals surface area contributed by atoms with Crippen LogP contribution in [0.15, 0.2) is 17.1 Å². The van der Waals surface area contributed by atoms with Gasteiger partial charge in [0.25, 0.3) is 5.56 Å². The highest BCUT2D eigenvalue weighted by Gasteiger charge is 2.37. The number of rotatable bonds is 6. The summed E-state index contributed by atoms with van der Waals surface area (Å²) in [5.41, 5.74) is 3.75. The van der Waals surface area contributed by atoms with Crippen molar-refractivity contribution in [2.45, 2.75) is 84.0 Å². The van der Waals surface area contributed by atoms with E-state index in [1.807, 2.05) is 17.5 Å². The highest BCUT2D eigenvalue weighted by atomic mass is 32.1. The number of aryl methyl sites for hydroxylation is 3. The first-order valence-electron chi connectivity index (χ1n) is 12.9. The van der Waals surface area contributed by atoms with E-state index in [0.717, 1.165) is 49.1 Å². The second-order valence-electron chi connectivity index (χ2n) is 9.92. The van der Waals surface area contributed by atoms with Crippen molar-refractivity contribution in [1.29, 1.82) is 5.26 Å². The van der Waals surface area contributed by atoms with Gasteiger partial charge in [-0.2, -0.15) is 10.4 Å². The number of aromatic nitrogens is 4. The molecule has 1 aliphatic carbocycles. The van der Waals surface area contributed by atoms with E-state index < -0.39 is 0 Å². The van der Waals surface area contributed by atoms with E-state index >= 15 is 0 Å². The van der Waals surface area contributed by atoms with Gasteiger partial charge >= 0.3 is 0 Å². The van der Waals surface area contributed by atoms with Crippen molar-refractivity contribution >= 4 is 28.1 Å². The van der Waals surface area contributed by atoms with Crippen LogP contribution in [-0.4, -0.2) is 49.4 Å². The average molecular weight is 494 g/mol. The molecule has 0 amide bonds. The quantitative estimate of drug-likeness (QED) is 0.516. The Hall–Kier alpha value is -2.70. The summed E-state index contributed by atoms with van der Waals surface area (Å²) in [5.74, 6) is 0. The van der Waals surface area contributed by atoms with Gasteiger partial charge in [0.1, 0.15) is 17.1 Å². The molecule has 1 fully saturated rings. The van der Waals surface area contributed by atoms with Crippen LogP contribution in [0.4, 0.5) is 5.69 Å². The fourth-order valence-electron chi connectivity index (χ4n) is 5.76. The lowest BCUT2D eigenvalue weighted by Gasteiger charge is -2.49. The summed E-state index contributed by atoms with van der Waals surface area (Å²) in [5, 5.41) is 15.1. The van der Waals surface area contributed by atoms with Crippen molar-refractivity contribution in [1.82, 2.24) is 24.2 Å². The second-order valence-corrected chi connectivity index (χ2v) is 11.0. The molecule has 5 rings (SSSR count). The fraction of sp³-hybridized carbons (Fsp3) is 0.615. The summed E-state index contributed by atoms with van der Waals surface area (Å²) in [6.07, 6.45) is 8.66. The Balaban J connectivity index is 1.49. The molecule has 0 bridgehead atoms. The zero-order valence-corrected chi connectivity index (χ0v) is 22.0. The van der Waals surface area contributed by atoms with Crippen molar-refractivity contribution in [3.05, 3.63) is 38.2 Å². The smallest absolute Gasteiger partial charge is 0.252 e. The number of nitriles is 1. The normalized spacial score (nSPS) is 21.7. The second kappa shape index (κ2) is 9.75. The maximum Gasteiger partial charge on any atom is 0.252 e. The Morgan fingerprint density at radius 3 is 2.69 bits per heavy atom. The molecule has 3 atom stereocenters. The summed E-state index contributed by atoms with van der Waals surface area (Å²) < 4.78 is 3.26. The monoisotopic (exact) mass is 493 g/mol. The third-order valence-electron chi connectivity index (χ3n) is 7.88. The topological polar surface area (TPSA) is 83.0 Å². The highest BCUT2D eigenvalue weighted by molar-refractivity contribution is 7.11. The molecule has 35 heavy (non-hydrogen) atoms. The van der Waals surface area contributed by atoms with Crippen LogP contribution < -0.4 is 10.5 Å². The lowest BCUT2D eigenvalue weighted by Crippen LogP contribution is -2.58. The van der Waals surface area contributed by atoms with E-state index in [2.05, 4.69) is 36.6 Å². The van der Waals surface area contributed by atoms with Crippen molar-refractivity contribution in [2.24, 2.45) is 7.05 Å². The number of nitrogens with zero attached hydrogens (tertiary/aromatic N) is 7. The Kier molecular flexibility index (Phi) is 6.69. The summed E-state index contributed by atoms with van der Waals surface area (Å²) >= 11 is 1.92. The van der Waals surface area contributed by atoms with E-state index in [-0.39, 0.29) is 24.2 Å². The molecule has 0 radical (unpaired) electrons. The van der Waals surface area contributed by atoms with Crippen molar-refractivity contribution in [2.75, 3.05) is 18.0 Å². The van der Waals surface area contributed by atoms with Gasteiger partial charge in [-0.05, 0) is 45.4 Å². The van der Waals surface area contributed by atoms with Crippen LogP contribution in [0, 0.1) is 11.3 Å². The van der Waals surface area contributed by atoms with E-state index in [1.165, 1.54) is 34.8 Å². The van der Waals surface area contributed by atoms with Crippen LogP contribution in [-0.2, 0) is 26.4 Å². The molecule has 2 aliphatic rings. The molecule has 0 aromatic carbocycles. The van der Waals surface area contributed by atoms with Crippen LogP contribution in [0.5, 0.6) is 0 Å². The molecule has 8 nitrogen and oxygen atoms in total. The molecule has 1 saturated heterocycles. The van der Waals surface area contributed by atoms with E-state index in [0.29, 0.717) is 6.04 Å². The standard InChI is InChI=1S/C26H35N7OS/c1-5-18-15-33(21-13-24(34)30(4)22-16-31(12-11-27)29-25(21)22)19(6-2)14-32(18)17(3)26-28-20-9-7-8-10-23(20)35-26/h13,16-19H,5-10,12,14-15H2,1-4H3/t17-,18-,19+/m1/s1. The number of thiazole rings is 1. The molecule has 186 valence electrons. The van der Waals surface area contributed by atoms with Crippen LogP contribution in [0.25, 0.3) is 11.0 Å². The third-order valence-corrected chi connectivity index (χ3v) is 9.21. The maximum atomic E-state index is 12.9. The largest absolute Gasteiger partial charge is 0.364 e. The predicted octanol–water partition coefficient (Wildman–Crippen LogP) is 4.03. The molecule has 0 spiro atoms. The minimum Gasteiger partial charge on any atom is -0.364 e. The van der Waals surface area contributed by atoms with Gasteiger partial charge in [0.15, 0.2) is 0 Å². The summed E-state index contributed by atoms with van der Waals surface area (Å²) in [6, 6.07) is 4.79. The number of anilines is 1. The SMILES string of the molecule is CC[C@H]1CN([C@H](C)c2nc3c(s2)CCCC3)[C@H](CC)CN1c1cc(=O)n(C)c2cn(CC#N)nc12. The van der Waals surface area contributed by atoms with Gasteiger partial charge in [0.2, 0.25) is 0 Å². The first kappa shape index (κ1) is 24.0. The van der Waals surface area contributed by atoms with Crippen LogP contribution in [0.3, 0.4) is 0 Å². The molecule has 3 aromatic rings. The molecule has 9 heteroatoms. The number of hydrogen-bond donors (Lipinski definition) is 0. The lowest BCUT2D eigenvalue weighted by atomic mass is 9.99. The van der Waals surface area contributed by atoms with Crippen molar-refractivity contribution < 1.29 is 0 Å². The molecule has 4 heterocycles. The number of fused-ring (bicyclic) bond motifs is 2. The third kappa shape index (κ3) is 4.27. The Labute approximate surface area is 210 Å². The summed E-state index contributed by atoms with van der Waals surface area (Å²) in [7, 11) is 1.77. The van der Waals surface area contributed by atoms with E-state index in [4.69, 9.17) is 15.3 Å². The first-order valence-corrected chi connectivity index (χ1v) is 13.7. The lowest BCUT2D eigenvalue weighted by molar-refractivity contribution is 0.101. The van der Waals surface area contributed by atoms with Gasteiger partial charge < -0.3 is 9.47 Å². The van der Waals surface area contributed by atoms with Crippen LogP contribution in [0.2, 0.25) is 0 Å². The molecular formula is C26H35N7OS. The van der Waals surface area contributed by atoms with E-state index in [9.17, 15) is 4.79 Å². The maximum absolute atomic E-state index is 12.9. The Bertz CT molecular complexity index is 1290. The Morgan fingerprint density at radius 1 is 1.20 bits per heavy atom. The van der Waals surface area contributed by atoms with Gasteiger partial charge in [0.05, 0.1) is 35.2 Å². The number of pyridine rings is 1. The van der Waals surface area contributed by atoms with Gasteiger partial charge in [0, 0.05) is 43.2 Å². The zero-order chi connectivity index (χ0) is 24.7. The molecule has 0 N–H and O–H groups in total.